The number of hydrogen-bond donors (Lipinski definition) is 1. The van der Waals surface area contributed by atoms with Crippen molar-refractivity contribution in [2.24, 2.45) is 0 Å². The highest BCUT2D eigenvalue weighted by Crippen LogP contribution is 2.25. The van der Waals surface area contributed by atoms with E-state index in [4.69, 9.17) is 27.6 Å². The lowest BCUT2D eigenvalue weighted by Gasteiger charge is -2.36. The van der Waals surface area contributed by atoms with E-state index >= 15 is 0 Å². The first-order valence-corrected chi connectivity index (χ1v) is 11.8. The Morgan fingerprint density at radius 2 is 1.85 bits per heavy atom. The Hall–Kier alpha value is -2.61. The minimum Gasteiger partial charge on any atom is -0.417 e. The van der Waals surface area contributed by atoms with Crippen LogP contribution in [0.4, 0.5) is 5.69 Å². The summed E-state index contributed by atoms with van der Waals surface area (Å²) in [7, 11) is 0. The maximum absolute atomic E-state index is 12.3. The second-order valence-electron chi connectivity index (χ2n) is 8.18. The Bertz CT molecular complexity index is 1100. The number of rotatable bonds is 8. The number of halogens is 2. The van der Waals surface area contributed by atoms with Gasteiger partial charge in [-0.3, -0.25) is 9.69 Å². The number of carbonyl (C=O) groups excluding carboxylic acids is 1. The summed E-state index contributed by atoms with van der Waals surface area (Å²) in [5.41, 5.74) is 3.40. The molecule has 7 nitrogen and oxygen atoms in total. The van der Waals surface area contributed by atoms with Gasteiger partial charge in [0.15, 0.2) is 0 Å². The van der Waals surface area contributed by atoms with Crippen LogP contribution >= 0.6 is 23.2 Å². The molecule has 0 spiro atoms. The molecule has 1 aliphatic rings. The first kappa shape index (κ1) is 23.5. The van der Waals surface area contributed by atoms with Crippen molar-refractivity contribution in [3.8, 4) is 0 Å². The first-order chi connectivity index (χ1) is 16.0. The predicted octanol–water partition coefficient (Wildman–Crippen LogP) is 4.22. The number of hydrogen-bond acceptors (Lipinski definition) is 6. The summed E-state index contributed by atoms with van der Waals surface area (Å²) in [6.07, 6.45) is 1.28. The number of aryl methyl sites for hydroxylation is 1. The van der Waals surface area contributed by atoms with Crippen molar-refractivity contribution >= 4 is 34.8 Å². The molecule has 0 atom stereocenters. The molecule has 9 heteroatoms. The van der Waals surface area contributed by atoms with Crippen LogP contribution in [-0.2, 0) is 6.42 Å². The largest absolute Gasteiger partial charge is 0.417 e. The molecule has 174 valence electrons. The first-order valence-electron chi connectivity index (χ1n) is 11.1. The average molecular weight is 488 g/mol. The number of nitrogens with one attached hydrogen (secondary N) is 1. The van der Waals surface area contributed by atoms with E-state index in [2.05, 4.69) is 38.3 Å². The van der Waals surface area contributed by atoms with Gasteiger partial charge in [-0.1, -0.05) is 41.4 Å². The third kappa shape index (κ3) is 6.47. The third-order valence-electron chi connectivity index (χ3n) is 5.73. The quantitative estimate of drug-likeness (QED) is 0.479. The fraction of sp³-hybridized carbons (Fsp3) is 0.375. The molecular formula is C24H27Cl2N5O2. The average Bonchev–Trinajstić information content (AvgIpc) is 3.27. The molecule has 1 amide bonds. The van der Waals surface area contributed by atoms with Crippen molar-refractivity contribution in [3.05, 3.63) is 75.4 Å². The lowest BCUT2D eigenvalue weighted by atomic mass is 10.1. The van der Waals surface area contributed by atoms with Gasteiger partial charge in [0.1, 0.15) is 0 Å². The zero-order chi connectivity index (χ0) is 23.2. The fourth-order valence-corrected chi connectivity index (χ4v) is 4.33. The summed E-state index contributed by atoms with van der Waals surface area (Å²) >= 11 is 12.2. The molecular weight excluding hydrogens is 461 g/mol. The minimum atomic E-state index is -0.346. The topological polar surface area (TPSA) is 74.5 Å². The van der Waals surface area contributed by atoms with Crippen LogP contribution in [0, 0.1) is 6.92 Å². The summed E-state index contributed by atoms with van der Waals surface area (Å²) < 4.78 is 5.51. The Balaban J connectivity index is 1.17. The molecule has 0 unspecified atom stereocenters. The fourth-order valence-electron chi connectivity index (χ4n) is 3.95. The molecule has 2 heterocycles. The molecule has 1 N–H and O–H groups in total. The van der Waals surface area contributed by atoms with Gasteiger partial charge in [-0.25, -0.2) is 0 Å². The SMILES string of the molecule is Cc1ccc(Cl)cc1N1CCN(CCCNC(=O)c2nnc(Cc3cccc(Cl)c3)o2)CC1. The highest BCUT2D eigenvalue weighted by Gasteiger charge is 2.19. The van der Waals surface area contributed by atoms with Gasteiger partial charge >= 0.3 is 11.8 Å². The predicted molar refractivity (Wildman–Crippen MR) is 130 cm³/mol. The van der Waals surface area contributed by atoms with Crippen molar-refractivity contribution in [3.63, 3.8) is 0 Å². The van der Waals surface area contributed by atoms with E-state index in [9.17, 15) is 4.79 Å². The van der Waals surface area contributed by atoms with Crippen LogP contribution < -0.4 is 10.2 Å². The number of benzene rings is 2. The summed E-state index contributed by atoms with van der Waals surface area (Å²) in [6.45, 7) is 7.48. The Morgan fingerprint density at radius 1 is 1.06 bits per heavy atom. The van der Waals surface area contributed by atoms with Gasteiger partial charge in [0.05, 0.1) is 6.42 Å². The Labute approximate surface area is 203 Å². The van der Waals surface area contributed by atoms with Crippen molar-refractivity contribution in [1.29, 1.82) is 0 Å². The molecule has 1 aliphatic heterocycles. The van der Waals surface area contributed by atoms with E-state index in [1.54, 1.807) is 6.07 Å². The maximum Gasteiger partial charge on any atom is 0.308 e. The molecule has 2 aromatic carbocycles. The van der Waals surface area contributed by atoms with Crippen molar-refractivity contribution in [1.82, 2.24) is 20.4 Å². The van der Waals surface area contributed by atoms with Gasteiger partial charge in [-0.15, -0.1) is 10.2 Å². The highest BCUT2D eigenvalue weighted by molar-refractivity contribution is 6.31. The zero-order valence-corrected chi connectivity index (χ0v) is 20.1. The number of carbonyl (C=O) groups is 1. The molecule has 4 rings (SSSR count). The van der Waals surface area contributed by atoms with E-state index in [1.165, 1.54) is 11.3 Å². The summed E-state index contributed by atoms with van der Waals surface area (Å²) in [6, 6.07) is 13.5. The van der Waals surface area contributed by atoms with E-state index in [1.807, 2.05) is 30.3 Å². The van der Waals surface area contributed by atoms with Gasteiger partial charge in [-0.2, -0.15) is 0 Å². The van der Waals surface area contributed by atoms with E-state index in [0.717, 1.165) is 49.7 Å². The number of aromatic nitrogens is 2. The Kier molecular flexibility index (Phi) is 7.85. The molecule has 1 aromatic heterocycles. The number of piperazine rings is 1. The van der Waals surface area contributed by atoms with Crippen LogP contribution in [0.2, 0.25) is 10.0 Å². The van der Waals surface area contributed by atoms with Crippen LogP contribution in [0.5, 0.6) is 0 Å². The number of anilines is 1. The van der Waals surface area contributed by atoms with E-state index < -0.39 is 0 Å². The van der Waals surface area contributed by atoms with E-state index in [0.29, 0.717) is 23.9 Å². The van der Waals surface area contributed by atoms with Crippen LogP contribution in [-0.4, -0.2) is 60.3 Å². The third-order valence-corrected chi connectivity index (χ3v) is 6.20. The standard InChI is InChI=1S/C24H27Cl2N5O2/c1-17-6-7-20(26)16-21(17)31-12-10-30(11-13-31)9-3-8-27-23(32)24-29-28-22(33-24)15-18-4-2-5-19(25)14-18/h2,4-7,14,16H,3,8-13,15H2,1H3,(H,27,32). The van der Waals surface area contributed by atoms with E-state index in [-0.39, 0.29) is 11.8 Å². The van der Waals surface area contributed by atoms with Crippen molar-refractivity contribution in [2.75, 3.05) is 44.2 Å². The summed E-state index contributed by atoms with van der Waals surface area (Å²) in [5.74, 6) is 0.0221. The maximum atomic E-state index is 12.3. The van der Waals surface area contributed by atoms with Crippen LogP contribution in [0.1, 0.15) is 34.1 Å². The van der Waals surface area contributed by atoms with Crippen LogP contribution in [0.3, 0.4) is 0 Å². The molecule has 1 fully saturated rings. The van der Waals surface area contributed by atoms with Crippen LogP contribution in [0.25, 0.3) is 0 Å². The van der Waals surface area contributed by atoms with Gasteiger partial charge in [0, 0.05) is 48.5 Å². The van der Waals surface area contributed by atoms with Gasteiger partial charge in [-0.05, 0) is 55.3 Å². The Morgan fingerprint density at radius 3 is 2.64 bits per heavy atom. The normalized spacial score (nSPS) is 14.5. The lowest BCUT2D eigenvalue weighted by molar-refractivity contribution is 0.0915. The second kappa shape index (κ2) is 11.0. The zero-order valence-electron chi connectivity index (χ0n) is 18.6. The smallest absolute Gasteiger partial charge is 0.308 e. The summed E-state index contributed by atoms with van der Waals surface area (Å²) in [4.78, 5) is 17.1. The molecule has 3 aromatic rings. The van der Waals surface area contributed by atoms with Crippen LogP contribution in [0.15, 0.2) is 46.9 Å². The van der Waals surface area contributed by atoms with Gasteiger partial charge in [0.2, 0.25) is 5.89 Å². The van der Waals surface area contributed by atoms with Crippen molar-refractivity contribution in [2.45, 2.75) is 19.8 Å². The molecule has 33 heavy (non-hydrogen) atoms. The lowest BCUT2D eigenvalue weighted by Crippen LogP contribution is -2.47. The van der Waals surface area contributed by atoms with Gasteiger partial charge < -0.3 is 14.6 Å². The molecule has 0 saturated carbocycles. The monoisotopic (exact) mass is 487 g/mol. The highest BCUT2D eigenvalue weighted by atomic mass is 35.5. The van der Waals surface area contributed by atoms with Crippen molar-refractivity contribution < 1.29 is 9.21 Å². The second-order valence-corrected chi connectivity index (χ2v) is 9.05. The minimum absolute atomic E-state index is 0.0162. The number of nitrogens with zero attached hydrogens (tertiary/aromatic N) is 4. The molecule has 1 saturated heterocycles. The molecule has 0 radical (unpaired) electrons. The molecule has 0 aliphatic carbocycles. The van der Waals surface area contributed by atoms with Gasteiger partial charge in [0.25, 0.3) is 0 Å². The molecule has 0 bridgehead atoms. The summed E-state index contributed by atoms with van der Waals surface area (Å²) in [5, 5.41) is 12.1. The number of amides is 1.